The Morgan fingerprint density at radius 1 is 1.03 bits per heavy atom. The summed E-state index contributed by atoms with van der Waals surface area (Å²) in [4.78, 5) is 30.4. The molecule has 2 N–H and O–H groups in total. The molecule has 6 rings (SSSR count). The van der Waals surface area contributed by atoms with Gasteiger partial charge in [0.25, 0.3) is 0 Å². The number of rotatable bonds is 7. The van der Waals surface area contributed by atoms with Crippen molar-refractivity contribution in [3.8, 4) is 0 Å². The van der Waals surface area contributed by atoms with Crippen molar-refractivity contribution in [2.45, 2.75) is 56.5 Å². The van der Waals surface area contributed by atoms with E-state index >= 15 is 0 Å². The molecular formula is C31H32F2N4O2. The number of para-hydroxylation sites is 2. The first-order valence-electron chi connectivity index (χ1n) is 13.6. The summed E-state index contributed by atoms with van der Waals surface area (Å²) in [5.74, 6) is -0.766. The van der Waals surface area contributed by atoms with Gasteiger partial charge in [-0.1, -0.05) is 54.6 Å². The zero-order valence-corrected chi connectivity index (χ0v) is 21.8. The molecule has 1 saturated heterocycles. The molecule has 202 valence electrons. The predicted molar refractivity (Wildman–Crippen MR) is 147 cm³/mol. The molecule has 4 atom stereocenters. The SMILES string of the molecule is CC1Nc2ccccc2N1CC(=O)N1C[C@H](F)C[C@H]1C(=O)N[C@@H](c1ccccc1)c1ccc(C2CC2)c(F)c1. The Labute approximate surface area is 227 Å². The minimum atomic E-state index is -1.29. The van der Waals surface area contributed by atoms with Crippen LogP contribution >= 0.6 is 0 Å². The normalized spacial score (nSPS) is 22.8. The molecule has 2 fully saturated rings. The van der Waals surface area contributed by atoms with Crippen LogP contribution < -0.4 is 15.5 Å². The lowest BCUT2D eigenvalue weighted by Crippen LogP contribution is -2.50. The summed E-state index contributed by atoms with van der Waals surface area (Å²) in [5.41, 5.74) is 3.93. The third-order valence-electron chi connectivity index (χ3n) is 8.02. The molecule has 0 bridgehead atoms. The molecule has 1 aliphatic carbocycles. The van der Waals surface area contributed by atoms with Crippen LogP contribution in [0.5, 0.6) is 0 Å². The zero-order chi connectivity index (χ0) is 27.1. The van der Waals surface area contributed by atoms with Gasteiger partial charge in [0.2, 0.25) is 11.8 Å². The van der Waals surface area contributed by atoms with Crippen LogP contribution in [-0.4, -0.2) is 48.2 Å². The largest absolute Gasteiger partial charge is 0.364 e. The van der Waals surface area contributed by atoms with E-state index < -0.39 is 24.2 Å². The van der Waals surface area contributed by atoms with E-state index in [9.17, 15) is 18.4 Å². The first-order chi connectivity index (χ1) is 18.9. The molecule has 2 amide bonds. The van der Waals surface area contributed by atoms with E-state index in [1.54, 1.807) is 6.07 Å². The van der Waals surface area contributed by atoms with Gasteiger partial charge < -0.3 is 20.4 Å². The molecule has 39 heavy (non-hydrogen) atoms. The summed E-state index contributed by atoms with van der Waals surface area (Å²) >= 11 is 0. The molecule has 0 aromatic heterocycles. The van der Waals surface area contributed by atoms with E-state index in [0.717, 1.165) is 29.8 Å². The van der Waals surface area contributed by atoms with E-state index in [0.29, 0.717) is 11.1 Å². The number of carbonyl (C=O) groups excluding carboxylic acids is 2. The van der Waals surface area contributed by atoms with Crippen LogP contribution in [0.1, 0.15) is 54.8 Å². The Morgan fingerprint density at radius 3 is 2.51 bits per heavy atom. The number of anilines is 2. The van der Waals surface area contributed by atoms with E-state index in [2.05, 4.69) is 10.6 Å². The van der Waals surface area contributed by atoms with Crippen molar-refractivity contribution in [2.75, 3.05) is 23.3 Å². The van der Waals surface area contributed by atoms with E-state index in [-0.39, 0.29) is 43.3 Å². The summed E-state index contributed by atoms with van der Waals surface area (Å²) in [5, 5.41) is 6.35. The number of carbonyl (C=O) groups is 2. The molecule has 3 aromatic rings. The van der Waals surface area contributed by atoms with E-state index in [1.807, 2.05) is 72.5 Å². The van der Waals surface area contributed by atoms with Crippen molar-refractivity contribution < 1.29 is 18.4 Å². The lowest BCUT2D eigenvalue weighted by molar-refractivity contribution is -0.137. The summed E-state index contributed by atoms with van der Waals surface area (Å²) in [6.45, 7) is 1.85. The highest BCUT2D eigenvalue weighted by atomic mass is 19.1. The van der Waals surface area contributed by atoms with Gasteiger partial charge in [0.1, 0.15) is 18.0 Å². The second-order valence-electron chi connectivity index (χ2n) is 10.8. The third-order valence-corrected chi connectivity index (χ3v) is 8.02. The topological polar surface area (TPSA) is 64.7 Å². The Kier molecular flexibility index (Phi) is 6.71. The van der Waals surface area contributed by atoms with Crippen molar-refractivity contribution in [2.24, 2.45) is 0 Å². The van der Waals surface area contributed by atoms with Gasteiger partial charge in [-0.05, 0) is 60.6 Å². The van der Waals surface area contributed by atoms with Crippen molar-refractivity contribution in [3.05, 3.63) is 95.3 Å². The molecular weight excluding hydrogens is 498 g/mol. The Balaban J connectivity index is 1.22. The predicted octanol–water partition coefficient (Wildman–Crippen LogP) is 5.13. The van der Waals surface area contributed by atoms with Gasteiger partial charge >= 0.3 is 0 Å². The highest BCUT2D eigenvalue weighted by molar-refractivity contribution is 5.92. The number of hydrogen-bond acceptors (Lipinski definition) is 4. The number of nitrogens with zero attached hydrogens (tertiary/aromatic N) is 2. The molecule has 3 aliphatic rings. The highest BCUT2D eigenvalue weighted by Crippen LogP contribution is 2.42. The monoisotopic (exact) mass is 530 g/mol. The number of fused-ring (bicyclic) bond motifs is 1. The summed E-state index contributed by atoms with van der Waals surface area (Å²) in [7, 11) is 0. The number of halogens is 2. The molecule has 1 saturated carbocycles. The van der Waals surface area contributed by atoms with Crippen LogP contribution in [0.2, 0.25) is 0 Å². The van der Waals surface area contributed by atoms with Crippen molar-refractivity contribution in [1.29, 1.82) is 0 Å². The fourth-order valence-corrected chi connectivity index (χ4v) is 5.82. The first-order valence-corrected chi connectivity index (χ1v) is 13.6. The lowest BCUT2D eigenvalue weighted by Gasteiger charge is -2.30. The number of amides is 2. The van der Waals surface area contributed by atoms with Gasteiger partial charge in [0, 0.05) is 6.42 Å². The molecule has 0 spiro atoms. The van der Waals surface area contributed by atoms with Crippen molar-refractivity contribution in [1.82, 2.24) is 10.2 Å². The van der Waals surface area contributed by atoms with Gasteiger partial charge in [0.15, 0.2) is 0 Å². The molecule has 6 nitrogen and oxygen atoms in total. The second kappa shape index (κ2) is 10.3. The van der Waals surface area contributed by atoms with E-state index in [4.69, 9.17) is 0 Å². The fourth-order valence-electron chi connectivity index (χ4n) is 5.82. The average molecular weight is 531 g/mol. The Morgan fingerprint density at radius 2 is 1.77 bits per heavy atom. The van der Waals surface area contributed by atoms with Crippen molar-refractivity contribution >= 4 is 23.2 Å². The van der Waals surface area contributed by atoms with Crippen molar-refractivity contribution in [3.63, 3.8) is 0 Å². The van der Waals surface area contributed by atoms with Crippen LogP contribution in [-0.2, 0) is 9.59 Å². The van der Waals surface area contributed by atoms with Gasteiger partial charge in [-0.25, -0.2) is 8.78 Å². The minimum absolute atomic E-state index is 0.0254. The second-order valence-corrected chi connectivity index (χ2v) is 10.8. The van der Waals surface area contributed by atoms with Gasteiger partial charge in [-0.3, -0.25) is 9.59 Å². The maximum atomic E-state index is 15.0. The molecule has 1 unspecified atom stereocenters. The molecule has 0 radical (unpaired) electrons. The lowest BCUT2D eigenvalue weighted by atomic mass is 9.96. The van der Waals surface area contributed by atoms with Crippen LogP contribution in [0.25, 0.3) is 0 Å². The zero-order valence-electron chi connectivity index (χ0n) is 21.8. The van der Waals surface area contributed by atoms with Gasteiger partial charge in [0.05, 0.1) is 36.7 Å². The quantitative estimate of drug-likeness (QED) is 0.445. The molecule has 3 aromatic carbocycles. The average Bonchev–Trinajstić information content (AvgIpc) is 3.63. The number of alkyl halides is 1. The standard InChI is InChI=1S/C31H32F2N4O2/c1-19-34-26-9-5-6-10-27(26)36(19)18-29(38)37-17-23(32)16-28(37)31(39)35-30(21-7-3-2-4-8-21)22-13-14-24(20-11-12-20)25(33)15-22/h2-10,13-15,19-20,23,28,30,34H,11-12,16-18H2,1H3,(H,35,39)/t19?,23-,28+,30+/m1/s1. The van der Waals surface area contributed by atoms with Crippen LogP contribution in [0, 0.1) is 5.82 Å². The molecule has 8 heteroatoms. The fraction of sp³-hybridized carbons (Fsp3) is 0.355. The third kappa shape index (κ3) is 5.07. The number of hydrogen-bond donors (Lipinski definition) is 2. The molecule has 2 heterocycles. The van der Waals surface area contributed by atoms with Gasteiger partial charge in [-0.15, -0.1) is 0 Å². The number of benzene rings is 3. The van der Waals surface area contributed by atoms with E-state index in [1.165, 1.54) is 11.0 Å². The highest BCUT2D eigenvalue weighted by Gasteiger charge is 2.42. The van der Waals surface area contributed by atoms with Crippen LogP contribution in [0.15, 0.2) is 72.8 Å². The maximum Gasteiger partial charge on any atom is 0.243 e. The first kappa shape index (κ1) is 25.3. The minimum Gasteiger partial charge on any atom is -0.364 e. The summed E-state index contributed by atoms with van der Waals surface area (Å²) in [6.07, 6.45) is 0.500. The Hall–Kier alpha value is -3.94. The smallest absolute Gasteiger partial charge is 0.243 e. The summed E-state index contributed by atoms with van der Waals surface area (Å²) < 4.78 is 29.7. The maximum absolute atomic E-state index is 15.0. The number of nitrogens with one attached hydrogen (secondary N) is 2. The van der Waals surface area contributed by atoms with Crippen LogP contribution in [0.3, 0.4) is 0 Å². The molecule has 2 aliphatic heterocycles. The summed E-state index contributed by atoms with van der Waals surface area (Å²) in [6, 6.07) is 20.6. The number of likely N-dealkylation sites (tertiary alicyclic amines) is 1. The van der Waals surface area contributed by atoms with Gasteiger partial charge in [-0.2, -0.15) is 0 Å². The van der Waals surface area contributed by atoms with Crippen LogP contribution in [0.4, 0.5) is 20.2 Å². The Bertz CT molecular complexity index is 1380.